The number of nitrogens with zero attached hydrogens (tertiary/aromatic N) is 2. The summed E-state index contributed by atoms with van der Waals surface area (Å²) in [5.41, 5.74) is 4.28. The molecule has 0 unspecified atom stereocenters. The second kappa shape index (κ2) is 15.7. The molecule has 0 bridgehead atoms. The summed E-state index contributed by atoms with van der Waals surface area (Å²) in [6.45, 7) is 20.8. The van der Waals surface area contributed by atoms with E-state index in [4.69, 9.17) is 24.7 Å². The molecule has 0 aromatic heterocycles. The van der Waals surface area contributed by atoms with Crippen LogP contribution in [0.3, 0.4) is 0 Å². The Morgan fingerprint density at radius 2 is 1.00 bits per heavy atom. The van der Waals surface area contributed by atoms with Gasteiger partial charge in [0.25, 0.3) is 0 Å². The summed E-state index contributed by atoms with van der Waals surface area (Å²) in [4.78, 5) is 55.6. The Hall–Kier alpha value is -3.18. The molecule has 0 heterocycles. The quantitative estimate of drug-likeness (QED) is 0.193. The van der Waals surface area contributed by atoms with Gasteiger partial charge in [-0.3, -0.25) is 29.0 Å². The van der Waals surface area contributed by atoms with Gasteiger partial charge in [-0.25, -0.2) is 0 Å². The number of carbonyl (C=O) groups excluding carboxylic acids is 4. The topological polar surface area (TPSA) is 138 Å². The van der Waals surface area contributed by atoms with E-state index >= 15 is 0 Å². The van der Waals surface area contributed by atoms with Crippen LogP contribution in [0.2, 0.25) is 0 Å². The Bertz CT molecular complexity index is 1080. The maximum Gasteiger partial charge on any atom is 0.324 e. The summed E-state index contributed by atoms with van der Waals surface area (Å²) in [5, 5.41) is 0. The molecule has 0 spiro atoms. The van der Waals surface area contributed by atoms with Crippen molar-refractivity contribution in [3.63, 3.8) is 0 Å². The predicted octanol–water partition coefficient (Wildman–Crippen LogP) is 4.15. The van der Waals surface area contributed by atoms with Crippen molar-refractivity contribution < 1.29 is 38.1 Å². The normalized spacial score (nSPS) is 13.4. The molecule has 250 valence electrons. The van der Waals surface area contributed by atoms with E-state index < -0.39 is 52.3 Å². The van der Waals surface area contributed by atoms with Crippen molar-refractivity contribution in [2.45, 2.75) is 118 Å². The number of anilines is 1. The van der Waals surface area contributed by atoms with Crippen LogP contribution in [-0.4, -0.2) is 94.8 Å². The zero-order valence-corrected chi connectivity index (χ0v) is 28.9. The molecule has 1 rings (SSSR count). The van der Waals surface area contributed by atoms with Gasteiger partial charge in [-0.05, 0) is 107 Å². The van der Waals surface area contributed by atoms with Gasteiger partial charge in [-0.2, -0.15) is 0 Å². The van der Waals surface area contributed by atoms with Crippen LogP contribution in [0.25, 0.3) is 0 Å². The summed E-state index contributed by atoms with van der Waals surface area (Å²) < 4.78 is 22.4. The average molecular weight is 622 g/mol. The summed E-state index contributed by atoms with van der Waals surface area (Å²) in [6, 6.07) is 6.22. The standard InChI is InChI=1S/C33H55N3O8/c1-30(2,3)41-26(37)20-35(21-27(38)42-31(4,5)6)17-18-36(22-28(39)43-32(7,8)9)25(29(40)44-33(10,11)12)19-23-13-15-24(34)16-14-23/h13-16,25H,17-22,34H2,1-12H3/t25-/m0/s1. The predicted molar refractivity (Wildman–Crippen MR) is 170 cm³/mol. The van der Waals surface area contributed by atoms with Crippen molar-refractivity contribution in [2.75, 3.05) is 38.5 Å². The summed E-state index contributed by atoms with van der Waals surface area (Å²) in [7, 11) is 0. The van der Waals surface area contributed by atoms with Crippen molar-refractivity contribution in [1.82, 2.24) is 9.80 Å². The van der Waals surface area contributed by atoms with Crippen LogP contribution in [0, 0.1) is 0 Å². The third-order valence-corrected chi connectivity index (χ3v) is 5.53. The molecule has 44 heavy (non-hydrogen) atoms. The molecule has 0 saturated carbocycles. The van der Waals surface area contributed by atoms with Crippen LogP contribution in [0.5, 0.6) is 0 Å². The Labute approximate surface area is 263 Å². The average Bonchev–Trinajstić information content (AvgIpc) is 2.76. The molecule has 1 aromatic carbocycles. The number of hydrogen-bond donors (Lipinski definition) is 1. The van der Waals surface area contributed by atoms with Gasteiger partial charge >= 0.3 is 23.9 Å². The minimum Gasteiger partial charge on any atom is -0.459 e. The van der Waals surface area contributed by atoms with Crippen LogP contribution < -0.4 is 5.73 Å². The molecule has 0 fully saturated rings. The lowest BCUT2D eigenvalue weighted by atomic mass is 10.0. The monoisotopic (exact) mass is 621 g/mol. The van der Waals surface area contributed by atoms with Crippen LogP contribution in [0.4, 0.5) is 5.69 Å². The van der Waals surface area contributed by atoms with Crippen molar-refractivity contribution in [2.24, 2.45) is 0 Å². The SMILES string of the molecule is CC(C)(C)OC(=O)CN(CCN(CC(=O)OC(C)(C)C)[C@@H](Cc1ccc(N)cc1)C(=O)OC(C)(C)C)CC(=O)OC(C)(C)C. The lowest BCUT2D eigenvalue weighted by Crippen LogP contribution is -2.51. The van der Waals surface area contributed by atoms with E-state index in [9.17, 15) is 19.2 Å². The zero-order chi connectivity index (χ0) is 34.1. The van der Waals surface area contributed by atoms with Crippen molar-refractivity contribution >= 4 is 29.6 Å². The molecule has 0 saturated heterocycles. The molecule has 0 radical (unpaired) electrons. The number of hydrogen-bond acceptors (Lipinski definition) is 11. The molecular formula is C33H55N3O8. The summed E-state index contributed by atoms with van der Waals surface area (Å²) >= 11 is 0. The van der Waals surface area contributed by atoms with Gasteiger partial charge in [-0.1, -0.05) is 12.1 Å². The number of ether oxygens (including phenoxy) is 4. The van der Waals surface area contributed by atoms with E-state index in [1.54, 1.807) is 105 Å². The Balaban J connectivity index is 3.44. The van der Waals surface area contributed by atoms with Crippen molar-refractivity contribution in [3.8, 4) is 0 Å². The van der Waals surface area contributed by atoms with Crippen molar-refractivity contribution in [1.29, 1.82) is 0 Å². The number of nitrogen functional groups attached to an aromatic ring is 1. The zero-order valence-electron chi connectivity index (χ0n) is 28.9. The van der Waals surface area contributed by atoms with Crippen molar-refractivity contribution in [3.05, 3.63) is 29.8 Å². The van der Waals surface area contributed by atoms with E-state index in [1.165, 1.54) is 0 Å². The van der Waals surface area contributed by atoms with Gasteiger partial charge in [0.15, 0.2) is 0 Å². The van der Waals surface area contributed by atoms with Crippen LogP contribution in [0.1, 0.15) is 88.6 Å². The summed E-state index contributed by atoms with van der Waals surface area (Å²) in [6.07, 6.45) is 0.218. The first kappa shape index (κ1) is 38.8. The second-order valence-electron chi connectivity index (χ2n) is 14.9. The smallest absolute Gasteiger partial charge is 0.324 e. The minimum atomic E-state index is -0.893. The van der Waals surface area contributed by atoms with E-state index in [0.717, 1.165) is 5.56 Å². The van der Waals surface area contributed by atoms with E-state index in [-0.39, 0.29) is 39.1 Å². The molecule has 2 N–H and O–H groups in total. The van der Waals surface area contributed by atoms with E-state index in [2.05, 4.69) is 0 Å². The first-order valence-corrected chi connectivity index (χ1v) is 15.0. The number of benzene rings is 1. The van der Waals surface area contributed by atoms with Crippen LogP contribution >= 0.6 is 0 Å². The highest BCUT2D eigenvalue weighted by Gasteiger charge is 2.34. The van der Waals surface area contributed by atoms with Gasteiger partial charge in [-0.15, -0.1) is 0 Å². The van der Waals surface area contributed by atoms with Crippen LogP contribution in [0.15, 0.2) is 24.3 Å². The number of esters is 4. The Kier molecular flexibility index (Phi) is 13.9. The lowest BCUT2D eigenvalue weighted by Gasteiger charge is -2.34. The highest BCUT2D eigenvalue weighted by atomic mass is 16.6. The molecule has 0 aliphatic rings. The van der Waals surface area contributed by atoms with Crippen LogP contribution in [-0.2, 0) is 44.5 Å². The fourth-order valence-electron chi connectivity index (χ4n) is 4.09. The lowest BCUT2D eigenvalue weighted by molar-refractivity contribution is -0.167. The molecular weight excluding hydrogens is 566 g/mol. The molecule has 0 amide bonds. The van der Waals surface area contributed by atoms with Gasteiger partial charge in [0.1, 0.15) is 28.4 Å². The molecule has 0 aliphatic heterocycles. The first-order valence-electron chi connectivity index (χ1n) is 15.0. The first-order chi connectivity index (χ1) is 19.8. The highest BCUT2D eigenvalue weighted by Crippen LogP contribution is 2.19. The second-order valence-corrected chi connectivity index (χ2v) is 14.9. The third kappa shape index (κ3) is 17.8. The summed E-state index contributed by atoms with van der Waals surface area (Å²) in [5.74, 6) is -2.10. The van der Waals surface area contributed by atoms with Gasteiger partial charge in [0, 0.05) is 18.8 Å². The molecule has 1 aromatic rings. The molecule has 0 aliphatic carbocycles. The molecule has 1 atom stereocenters. The minimum absolute atomic E-state index is 0.115. The van der Waals surface area contributed by atoms with E-state index in [0.29, 0.717) is 5.69 Å². The van der Waals surface area contributed by atoms with Gasteiger partial charge in [0.2, 0.25) is 0 Å². The largest absolute Gasteiger partial charge is 0.459 e. The highest BCUT2D eigenvalue weighted by molar-refractivity contribution is 5.79. The maximum atomic E-state index is 13.6. The van der Waals surface area contributed by atoms with Gasteiger partial charge < -0.3 is 24.7 Å². The Morgan fingerprint density at radius 3 is 1.39 bits per heavy atom. The number of carbonyl (C=O) groups is 4. The third-order valence-electron chi connectivity index (χ3n) is 5.53. The number of nitrogens with two attached hydrogens (primary N) is 1. The van der Waals surface area contributed by atoms with Gasteiger partial charge in [0.05, 0.1) is 19.6 Å². The maximum absolute atomic E-state index is 13.6. The Morgan fingerprint density at radius 1 is 0.614 bits per heavy atom. The van der Waals surface area contributed by atoms with E-state index in [1.807, 2.05) is 12.1 Å². The fraction of sp³-hybridized carbons (Fsp3) is 0.697. The fourth-order valence-corrected chi connectivity index (χ4v) is 4.09. The molecule has 11 nitrogen and oxygen atoms in total. The number of rotatable bonds is 13. The molecule has 11 heteroatoms.